The van der Waals surface area contributed by atoms with Crippen molar-refractivity contribution in [1.82, 2.24) is 0 Å². The van der Waals surface area contributed by atoms with E-state index < -0.39 is 31.5 Å². The second-order valence-electron chi connectivity index (χ2n) is 11.2. The van der Waals surface area contributed by atoms with Gasteiger partial charge in [-0.1, -0.05) is 60.7 Å². The molecule has 0 aliphatic rings. The number of hydrogen-bond donors (Lipinski definition) is 0. The summed E-state index contributed by atoms with van der Waals surface area (Å²) < 4.78 is 22.3. The second-order valence-corrected chi connectivity index (χ2v) is 14.7. The molecule has 0 heterocycles. The van der Waals surface area contributed by atoms with Crippen LogP contribution in [0.1, 0.15) is 33.1 Å². The van der Waals surface area contributed by atoms with E-state index in [1.165, 1.54) is 6.08 Å². The van der Waals surface area contributed by atoms with Gasteiger partial charge < -0.3 is 18.9 Å². The third-order valence-corrected chi connectivity index (χ3v) is 12.0. The molecule has 4 rings (SSSR count). The number of esters is 2. The molecule has 8 heteroatoms. The summed E-state index contributed by atoms with van der Waals surface area (Å²) in [5.74, 6) is 0.447. The zero-order chi connectivity index (χ0) is 33.5. The van der Waals surface area contributed by atoms with Gasteiger partial charge in [0.25, 0.3) is 0 Å². The average Bonchev–Trinajstić information content (AvgIpc) is 3.10. The molecule has 0 aromatic heterocycles. The summed E-state index contributed by atoms with van der Waals surface area (Å²) in [5, 5.41) is 3.31. The van der Waals surface area contributed by atoms with Gasteiger partial charge in [0.05, 0.1) is 13.2 Å². The van der Waals surface area contributed by atoms with Gasteiger partial charge in [0.15, 0.2) is 18.6 Å². The van der Waals surface area contributed by atoms with Crippen molar-refractivity contribution in [3.05, 3.63) is 127 Å². The van der Waals surface area contributed by atoms with Crippen LogP contribution in [0.15, 0.2) is 127 Å². The van der Waals surface area contributed by atoms with Gasteiger partial charge in [-0.15, -0.1) is 0 Å². The Morgan fingerprint density at radius 3 is 1.68 bits per heavy atom. The van der Waals surface area contributed by atoms with Crippen molar-refractivity contribution in [2.24, 2.45) is 0 Å². The minimum atomic E-state index is -2.37. The Balaban J connectivity index is 1.31. The molecule has 3 atom stereocenters. The topological polar surface area (TPSA) is 88.1 Å². The molecule has 4 aromatic carbocycles. The molecule has 0 amide bonds. The van der Waals surface area contributed by atoms with E-state index in [9.17, 15) is 14.4 Å². The predicted octanol–water partition coefficient (Wildman–Crippen LogP) is 6.23. The molecular formula is C39H42O7P+. The maximum absolute atomic E-state index is 13.6. The van der Waals surface area contributed by atoms with Crippen molar-refractivity contribution in [2.75, 3.05) is 13.3 Å². The van der Waals surface area contributed by atoms with Crippen LogP contribution in [0.3, 0.4) is 0 Å². The van der Waals surface area contributed by atoms with Crippen molar-refractivity contribution in [3.8, 4) is 11.5 Å². The summed E-state index contributed by atoms with van der Waals surface area (Å²) in [4.78, 5) is 37.6. The lowest BCUT2D eigenvalue weighted by Crippen LogP contribution is -2.36. The van der Waals surface area contributed by atoms with Crippen LogP contribution in [0.5, 0.6) is 11.5 Å². The van der Waals surface area contributed by atoms with Gasteiger partial charge in [-0.05, 0) is 87.4 Å². The molecule has 0 N–H and O–H groups in total. The number of rotatable bonds is 17. The zero-order valence-corrected chi connectivity index (χ0v) is 28.0. The molecule has 4 aromatic rings. The SMILES string of the molecule is COc1ccc(O[C@@H](C=O)CC[C@H](C)OC(=O)/C=C/C[C@@H](C)OC(=O)C[P+](c2ccccc2)(c2ccccc2)c2ccccc2)cc1. The van der Waals surface area contributed by atoms with Gasteiger partial charge in [-0.3, -0.25) is 4.79 Å². The molecule has 0 fully saturated rings. The number of methoxy groups -OCH3 is 1. The molecule has 0 saturated carbocycles. The fourth-order valence-electron chi connectivity index (χ4n) is 5.31. The maximum Gasteiger partial charge on any atom is 0.345 e. The van der Waals surface area contributed by atoms with Crippen LogP contribution in [0.25, 0.3) is 0 Å². The Bertz CT molecular complexity index is 1480. The molecule has 0 saturated heterocycles. The molecule has 0 unspecified atom stereocenters. The Morgan fingerprint density at radius 2 is 1.19 bits per heavy atom. The third-order valence-electron chi connectivity index (χ3n) is 7.69. The Hall–Kier alpha value is -4.74. The monoisotopic (exact) mass is 653 g/mol. The van der Waals surface area contributed by atoms with Crippen LogP contribution in [0, 0.1) is 0 Å². The van der Waals surface area contributed by atoms with Crippen molar-refractivity contribution in [3.63, 3.8) is 0 Å². The first-order chi connectivity index (χ1) is 22.8. The minimum Gasteiger partial charge on any atom is -0.497 e. The molecule has 0 aliphatic heterocycles. The van der Waals surface area contributed by atoms with E-state index >= 15 is 0 Å². The molecule has 244 valence electrons. The van der Waals surface area contributed by atoms with Crippen molar-refractivity contribution in [1.29, 1.82) is 0 Å². The van der Waals surface area contributed by atoms with E-state index in [0.717, 1.165) is 22.2 Å². The number of benzene rings is 4. The lowest BCUT2D eigenvalue weighted by molar-refractivity contribution is -0.144. The normalized spacial score (nSPS) is 13.3. The highest BCUT2D eigenvalue weighted by molar-refractivity contribution is 7.96. The summed E-state index contributed by atoms with van der Waals surface area (Å²) in [5.41, 5.74) is 0. The van der Waals surface area contributed by atoms with Gasteiger partial charge in [0.1, 0.15) is 40.8 Å². The standard InChI is InChI=1S/C39H42O7P/c1-30(14-13-21-38(41)44-31(2)22-23-34(28-40)46-33-26-24-32(43-3)25-27-33)45-39(42)29-47(35-15-7-4-8-16-35,36-17-9-5-10-18-36)37-19-11-6-12-20-37/h4-13,15-21,24-28,30-31,34H,14,22-23,29H2,1-3H3/q+1/b21-13+/t30-,31+,34-/m1/s1. The number of hydrogen-bond acceptors (Lipinski definition) is 7. The Morgan fingerprint density at radius 1 is 0.681 bits per heavy atom. The van der Waals surface area contributed by atoms with Crippen molar-refractivity contribution in [2.45, 2.75) is 51.4 Å². The molecule has 0 spiro atoms. The van der Waals surface area contributed by atoms with Gasteiger partial charge in [-0.2, -0.15) is 0 Å². The summed E-state index contributed by atoms with van der Waals surface area (Å²) in [6.45, 7) is 3.58. The molecule has 47 heavy (non-hydrogen) atoms. The van der Waals surface area contributed by atoms with Gasteiger partial charge in [-0.25, -0.2) is 9.59 Å². The van der Waals surface area contributed by atoms with E-state index in [2.05, 4.69) is 36.4 Å². The van der Waals surface area contributed by atoms with Crippen LogP contribution < -0.4 is 25.4 Å². The summed E-state index contributed by atoms with van der Waals surface area (Å²) >= 11 is 0. The summed E-state index contributed by atoms with van der Waals surface area (Å²) in [7, 11) is -0.787. The Labute approximate surface area is 277 Å². The molecule has 0 aliphatic carbocycles. The highest BCUT2D eigenvalue weighted by Crippen LogP contribution is 2.55. The third kappa shape index (κ3) is 10.1. The maximum atomic E-state index is 13.6. The highest BCUT2D eigenvalue weighted by atomic mass is 31.2. The number of carbonyl (C=O) groups is 3. The fraction of sp³-hybridized carbons (Fsp3) is 0.256. The molecule has 0 bridgehead atoms. The molecular weight excluding hydrogens is 611 g/mol. The van der Waals surface area contributed by atoms with Crippen LogP contribution >= 0.6 is 7.26 Å². The Kier molecular flexibility index (Phi) is 13.3. The highest BCUT2D eigenvalue weighted by Gasteiger charge is 2.48. The number of carbonyl (C=O) groups excluding carboxylic acids is 3. The molecule has 0 radical (unpaired) electrons. The minimum absolute atomic E-state index is 0.211. The summed E-state index contributed by atoms with van der Waals surface area (Å²) in [6, 6.07) is 37.5. The van der Waals surface area contributed by atoms with Gasteiger partial charge >= 0.3 is 11.9 Å². The quantitative estimate of drug-likeness (QED) is 0.0579. The van der Waals surface area contributed by atoms with E-state index in [-0.39, 0.29) is 12.1 Å². The van der Waals surface area contributed by atoms with E-state index in [0.29, 0.717) is 30.8 Å². The van der Waals surface area contributed by atoms with Crippen molar-refractivity contribution < 1.29 is 33.3 Å². The fourth-order valence-corrected chi connectivity index (χ4v) is 9.25. The molecule has 7 nitrogen and oxygen atoms in total. The average molecular weight is 654 g/mol. The summed E-state index contributed by atoms with van der Waals surface area (Å²) in [6.07, 6.45) is 3.61. The first-order valence-electron chi connectivity index (χ1n) is 15.7. The van der Waals surface area contributed by atoms with Crippen LogP contribution in [0.2, 0.25) is 0 Å². The first kappa shape index (κ1) is 35.1. The number of ether oxygens (including phenoxy) is 4. The lowest BCUT2D eigenvalue weighted by Gasteiger charge is -2.27. The number of aldehydes is 1. The first-order valence-corrected chi connectivity index (χ1v) is 17.7. The second kappa shape index (κ2) is 17.8. The lowest BCUT2D eigenvalue weighted by atomic mass is 10.1. The zero-order valence-electron chi connectivity index (χ0n) is 27.1. The van der Waals surface area contributed by atoms with Crippen LogP contribution in [-0.4, -0.2) is 49.8 Å². The van der Waals surface area contributed by atoms with Crippen molar-refractivity contribution >= 4 is 41.4 Å². The van der Waals surface area contributed by atoms with Gasteiger partial charge in [0.2, 0.25) is 0 Å². The van der Waals surface area contributed by atoms with E-state index in [1.807, 2.05) is 61.5 Å². The van der Waals surface area contributed by atoms with Gasteiger partial charge in [0, 0.05) is 12.5 Å². The van der Waals surface area contributed by atoms with Crippen LogP contribution in [-0.2, 0) is 23.9 Å². The van der Waals surface area contributed by atoms with E-state index in [4.69, 9.17) is 18.9 Å². The largest absolute Gasteiger partial charge is 0.497 e. The van der Waals surface area contributed by atoms with Crippen LogP contribution in [0.4, 0.5) is 0 Å². The predicted molar refractivity (Wildman–Crippen MR) is 188 cm³/mol. The smallest absolute Gasteiger partial charge is 0.345 e. The van der Waals surface area contributed by atoms with E-state index in [1.54, 1.807) is 44.4 Å².